The van der Waals surface area contributed by atoms with Crippen LogP contribution in [-0.2, 0) is 11.3 Å². The van der Waals surface area contributed by atoms with Gasteiger partial charge in [-0.05, 0) is 6.07 Å². The van der Waals surface area contributed by atoms with Gasteiger partial charge in [0, 0.05) is 28.5 Å². The minimum absolute atomic E-state index is 0.0531. The lowest BCUT2D eigenvalue weighted by Crippen LogP contribution is -2.21. The van der Waals surface area contributed by atoms with Gasteiger partial charge in [-0.3, -0.25) is 4.98 Å². The van der Waals surface area contributed by atoms with E-state index in [9.17, 15) is 23.9 Å². The summed E-state index contributed by atoms with van der Waals surface area (Å²) in [5, 5.41) is 16.2. The Morgan fingerprint density at radius 2 is 1.79 bits per heavy atom. The highest BCUT2D eigenvalue weighted by Crippen LogP contribution is 2.34. The molecule has 3 N–H and O–H groups in total. The molecule has 0 fully saturated rings. The Balaban J connectivity index is 1.55. The monoisotopic (exact) mass is 555 g/mol. The Kier molecular flexibility index (Phi) is 8.10. The molecule has 0 saturated heterocycles. The number of esters is 1. The number of carboxylic acid groups (broad SMARTS) is 1. The lowest BCUT2D eigenvalue weighted by molar-refractivity contribution is 0.0589. The predicted octanol–water partition coefficient (Wildman–Crippen LogP) is 5.16. The molecule has 0 atom stereocenters. The maximum atomic E-state index is 14.8. The second-order valence-electron chi connectivity index (χ2n) is 7.86. The number of methoxy groups -OCH3 is 3. The zero-order valence-electron chi connectivity index (χ0n) is 20.9. The maximum absolute atomic E-state index is 14.8. The van der Waals surface area contributed by atoms with Crippen molar-refractivity contribution in [3.63, 3.8) is 0 Å². The number of nitrogens with zero attached hydrogens (tertiary/aromatic N) is 1. The number of carboxylic acids is 1. The molecule has 4 rings (SSSR count). The number of carbonyl (C=O) groups is 3. The van der Waals surface area contributed by atoms with Crippen molar-refractivity contribution in [1.82, 2.24) is 4.98 Å². The van der Waals surface area contributed by atoms with Gasteiger partial charge >= 0.3 is 18.0 Å². The summed E-state index contributed by atoms with van der Waals surface area (Å²) in [7, 11) is 4.00. The normalized spacial score (nSPS) is 10.6. The molecule has 13 heteroatoms. The van der Waals surface area contributed by atoms with Gasteiger partial charge in [0.05, 0.1) is 44.4 Å². The first-order valence-corrected chi connectivity index (χ1v) is 12.1. The first-order valence-electron chi connectivity index (χ1n) is 11.2. The fourth-order valence-corrected chi connectivity index (χ4v) is 4.58. The molecule has 4 aromatic rings. The summed E-state index contributed by atoms with van der Waals surface area (Å²) in [4.78, 5) is 40.4. The van der Waals surface area contributed by atoms with Crippen LogP contribution in [0.4, 0.5) is 20.6 Å². The third kappa shape index (κ3) is 5.83. The topological polar surface area (TPSA) is 145 Å². The molecule has 0 bridgehead atoms. The third-order valence-electron chi connectivity index (χ3n) is 5.51. The van der Waals surface area contributed by atoms with Crippen LogP contribution >= 0.6 is 11.3 Å². The molecule has 202 valence electrons. The molecule has 0 aliphatic carbocycles. The van der Waals surface area contributed by atoms with Crippen molar-refractivity contribution >= 4 is 51.6 Å². The molecule has 2 amide bonds. The van der Waals surface area contributed by atoms with Crippen molar-refractivity contribution in [2.24, 2.45) is 0 Å². The van der Waals surface area contributed by atoms with E-state index in [1.165, 1.54) is 18.6 Å². The van der Waals surface area contributed by atoms with Crippen LogP contribution in [0, 0.1) is 5.82 Å². The minimum Gasteiger partial charge on any atom is -0.495 e. The number of nitrogens with one attached hydrogen (secondary N) is 2. The molecule has 0 aliphatic rings. The van der Waals surface area contributed by atoms with Crippen LogP contribution in [0.3, 0.4) is 0 Å². The van der Waals surface area contributed by atoms with E-state index in [-0.39, 0.29) is 34.4 Å². The zero-order valence-corrected chi connectivity index (χ0v) is 21.7. The Morgan fingerprint density at radius 1 is 1.03 bits per heavy atom. The summed E-state index contributed by atoms with van der Waals surface area (Å²) in [5.74, 6) is -2.31. The second-order valence-corrected chi connectivity index (χ2v) is 8.74. The van der Waals surface area contributed by atoms with Crippen LogP contribution in [0.25, 0.3) is 10.9 Å². The highest BCUT2D eigenvalue weighted by atomic mass is 32.1. The smallest absolute Gasteiger partial charge is 0.349 e. The minimum atomic E-state index is -1.44. The number of fused-ring (bicyclic) bond motifs is 1. The molecule has 0 aliphatic heterocycles. The Morgan fingerprint density at radius 3 is 2.49 bits per heavy atom. The van der Waals surface area contributed by atoms with Crippen LogP contribution in [0.15, 0.2) is 48.0 Å². The van der Waals surface area contributed by atoms with Crippen LogP contribution in [0.2, 0.25) is 0 Å². The average molecular weight is 556 g/mol. The number of thiophene rings is 1. The number of urea groups is 1. The number of carbonyl (C=O) groups excluding carboxylic acids is 2. The molecule has 39 heavy (non-hydrogen) atoms. The molecular weight excluding hydrogens is 533 g/mol. The Labute approximate surface area is 225 Å². The molecule has 0 saturated carbocycles. The number of rotatable bonds is 9. The lowest BCUT2D eigenvalue weighted by Gasteiger charge is -2.15. The number of hydrogen-bond donors (Lipinski definition) is 3. The summed E-state index contributed by atoms with van der Waals surface area (Å²) in [5.41, 5.74) is 0.574. The van der Waals surface area contributed by atoms with Gasteiger partial charge < -0.3 is 34.7 Å². The standard InChI is InChI=1S/C26H22FN3O8S/c1-35-15-7-13-5-4-6-14(22(13)28-10-15)11-38-20-9-17(16(27)8-19(20)36-2)29-26(34)30-18-12-39-23(25(33)37-3)21(18)24(31)32/h4-10,12H,11H2,1-3H3,(H,31,32)(H2,29,30,34). The molecule has 2 aromatic heterocycles. The summed E-state index contributed by atoms with van der Waals surface area (Å²) < 4.78 is 35.7. The van der Waals surface area contributed by atoms with E-state index in [4.69, 9.17) is 14.2 Å². The van der Waals surface area contributed by atoms with Crippen molar-refractivity contribution in [1.29, 1.82) is 0 Å². The van der Waals surface area contributed by atoms with Crippen molar-refractivity contribution in [3.8, 4) is 17.2 Å². The van der Waals surface area contributed by atoms with E-state index in [1.807, 2.05) is 24.3 Å². The number of amides is 2. The van der Waals surface area contributed by atoms with Gasteiger partial charge in [-0.15, -0.1) is 11.3 Å². The van der Waals surface area contributed by atoms with Gasteiger partial charge in [-0.1, -0.05) is 18.2 Å². The van der Waals surface area contributed by atoms with E-state index in [1.54, 1.807) is 13.3 Å². The zero-order chi connectivity index (χ0) is 28.1. The maximum Gasteiger partial charge on any atom is 0.349 e. The molecule has 2 heterocycles. The number of ether oxygens (including phenoxy) is 4. The summed E-state index contributed by atoms with van der Waals surface area (Å²) in [6.07, 6.45) is 1.59. The van der Waals surface area contributed by atoms with Crippen molar-refractivity contribution < 1.29 is 42.8 Å². The second kappa shape index (κ2) is 11.6. The molecule has 11 nitrogen and oxygen atoms in total. The lowest BCUT2D eigenvalue weighted by atomic mass is 10.1. The fourth-order valence-electron chi connectivity index (χ4n) is 3.67. The van der Waals surface area contributed by atoms with Gasteiger partial charge in [0.2, 0.25) is 0 Å². The summed E-state index contributed by atoms with van der Waals surface area (Å²) in [6.45, 7) is 0.0531. The van der Waals surface area contributed by atoms with Crippen LogP contribution < -0.4 is 24.8 Å². The molecule has 0 unspecified atom stereocenters. The summed E-state index contributed by atoms with van der Waals surface area (Å²) in [6, 6.07) is 8.71. The van der Waals surface area contributed by atoms with Crippen LogP contribution in [-0.4, -0.2) is 49.4 Å². The molecule has 0 radical (unpaired) electrons. The van der Waals surface area contributed by atoms with E-state index in [0.29, 0.717) is 11.3 Å². The fraction of sp³-hybridized carbons (Fsp3) is 0.154. The highest BCUT2D eigenvalue weighted by molar-refractivity contribution is 7.13. The van der Waals surface area contributed by atoms with Crippen molar-refractivity contribution in [2.75, 3.05) is 32.0 Å². The van der Waals surface area contributed by atoms with Gasteiger partial charge in [-0.25, -0.2) is 18.8 Å². The first-order chi connectivity index (χ1) is 18.7. The first kappa shape index (κ1) is 27.1. The van der Waals surface area contributed by atoms with E-state index in [2.05, 4.69) is 20.4 Å². The number of aromatic nitrogens is 1. The van der Waals surface area contributed by atoms with Gasteiger partial charge in [0.25, 0.3) is 0 Å². The van der Waals surface area contributed by atoms with Crippen molar-refractivity contribution in [3.05, 3.63) is 69.8 Å². The number of halogens is 1. The number of pyridine rings is 1. The summed E-state index contributed by atoms with van der Waals surface area (Å²) >= 11 is 0.783. The average Bonchev–Trinajstić information content (AvgIpc) is 3.35. The number of hydrogen-bond acceptors (Lipinski definition) is 9. The van der Waals surface area contributed by atoms with Gasteiger partial charge in [-0.2, -0.15) is 0 Å². The Bertz CT molecular complexity index is 1570. The van der Waals surface area contributed by atoms with Crippen LogP contribution in [0.1, 0.15) is 25.6 Å². The van der Waals surface area contributed by atoms with Gasteiger partial charge in [0.1, 0.15) is 22.8 Å². The van der Waals surface area contributed by atoms with Crippen molar-refractivity contribution in [2.45, 2.75) is 6.61 Å². The quantitative estimate of drug-likeness (QED) is 0.238. The molecular formula is C26H22FN3O8S. The third-order valence-corrected chi connectivity index (χ3v) is 6.47. The predicted molar refractivity (Wildman–Crippen MR) is 141 cm³/mol. The van der Waals surface area contributed by atoms with E-state index >= 15 is 0 Å². The highest BCUT2D eigenvalue weighted by Gasteiger charge is 2.25. The van der Waals surface area contributed by atoms with Gasteiger partial charge in [0.15, 0.2) is 17.3 Å². The number of anilines is 2. The van der Waals surface area contributed by atoms with E-state index in [0.717, 1.165) is 35.5 Å². The number of aromatic carboxylic acids is 1. The number of benzene rings is 2. The van der Waals surface area contributed by atoms with E-state index < -0.39 is 29.4 Å². The Hall–Kier alpha value is -4.91. The SMILES string of the molecule is COC(=O)c1scc(NC(=O)Nc2cc(OCc3cccc4cc(OC)cnc34)c(OC)cc2F)c1C(=O)O. The molecule has 0 spiro atoms. The molecule has 2 aromatic carbocycles. The van der Waals surface area contributed by atoms with Crippen LogP contribution in [0.5, 0.6) is 17.2 Å². The number of para-hydroxylation sites is 1. The largest absolute Gasteiger partial charge is 0.495 e.